The van der Waals surface area contributed by atoms with E-state index in [2.05, 4.69) is 131 Å². The van der Waals surface area contributed by atoms with Gasteiger partial charge in [-0.2, -0.15) is 4.57 Å². The molecule has 0 fully saturated rings. The molecule has 9 aromatic rings. The molecular formula is C45H32N3O+. The maximum atomic E-state index is 6.58. The molecule has 0 N–H and O–H groups in total. The van der Waals surface area contributed by atoms with Crippen LogP contribution < -0.4 is 4.57 Å². The third kappa shape index (κ3) is 3.58. The van der Waals surface area contributed by atoms with Crippen LogP contribution in [0, 0.1) is 0 Å². The first-order valence-corrected chi connectivity index (χ1v) is 17.2. The van der Waals surface area contributed by atoms with E-state index in [1.807, 2.05) is 12.1 Å². The Hall–Kier alpha value is -6.00. The first-order chi connectivity index (χ1) is 24.2. The molecule has 2 unspecified atom stereocenters. The molecule has 0 aliphatic carbocycles. The van der Waals surface area contributed by atoms with E-state index in [1.54, 1.807) is 0 Å². The Morgan fingerprint density at radius 2 is 1.61 bits per heavy atom. The third-order valence-electron chi connectivity index (χ3n) is 11.3. The van der Waals surface area contributed by atoms with Crippen LogP contribution in [-0.2, 0) is 6.42 Å². The molecule has 0 spiro atoms. The predicted octanol–water partition coefficient (Wildman–Crippen LogP) is 10.9. The summed E-state index contributed by atoms with van der Waals surface area (Å²) in [6.07, 6.45) is 6.87. The van der Waals surface area contributed by atoms with Gasteiger partial charge in [-0.1, -0.05) is 67.8 Å². The molecule has 4 nitrogen and oxygen atoms in total. The van der Waals surface area contributed by atoms with Crippen molar-refractivity contribution in [1.29, 1.82) is 0 Å². The van der Waals surface area contributed by atoms with E-state index in [4.69, 9.17) is 9.41 Å². The molecular weight excluding hydrogens is 599 g/mol. The molecule has 0 saturated carbocycles. The van der Waals surface area contributed by atoms with Gasteiger partial charge in [0.05, 0.1) is 34.1 Å². The molecule has 4 aromatic heterocycles. The lowest BCUT2D eigenvalue weighted by Crippen LogP contribution is -2.47. The summed E-state index contributed by atoms with van der Waals surface area (Å²) in [5.74, 6) is 0.326. The van der Waals surface area contributed by atoms with Gasteiger partial charge in [0.2, 0.25) is 5.69 Å². The normalized spacial score (nSPS) is 17.8. The highest BCUT2D eigenvalue weighted by atomic mass is 16.3. The number of furan rings is 1. The molecule has 5 aromatic carbocycles. The quantitative estimate of drug-likeness (QED) is 0.166. The summed E-state index contributed by atoms with van der Waals surface area (Å²) in [4.78, 5) is 5.21. The number of hydrogen-bond donors (Lipinski definition) is 0. The number of aromatic nitrogens is 2. The maximum Gasteiger partial charge on any atom is 0.213 e. The second kappa shape index (κ2) is 9.77. The summed E-state index contributed by atoms with van der Waals surface area (Å²) < 4.78 is 11.5. The first kappa shape index (κ1) is 27.0. The molecule has 0 bridgehead atoms. The van der Waals surface area contributed by atoms with Gasteiger partial charge in [0.1, 0.15) is 11.2 Å². The Balaban J connectivity index is 1.17. The monoisotopic (exact) mass is 630 g/mol. The van der Waals surface area contributed by atoms with E-state index in [1.165, 1.54) is 60.5 Å². The van der Waals surface area contributed by atoms with Gasteiger partial charge in [0, 0.05) is 61.8 Å². The Morgan fingerprint density at radius 3 is 2.55 bits per heavy atom. The lowest BCUT2D eigenvalue weighted by Gasteiger charge is -2.31. The summed E-state index contributed by atoms with van der Waals surface area (Å²) in [6, 6.07) is 40.1. The van der Waals surface area contributed by atoms with Gasteiger partial charge in [0.25, 0.3) is 0 Å². The fraction of sp³-hybridized carbons (Fsp3) is 0.111. The number of rotatable bonds is 1. The molecule has 0 saturated heterocycles. The number of aliphatic imine (C=N–C) groups is 1. The molecule has 49 heavy (non-hydrogen) atoms. The van der Waals surface area contributed by atoms with Crippen LogP contribution in [-0.4, -0.2) is 10.1 Å². The summed E-state index contributed by atoms with van der Waals surface area (Å²) in [5, 5.41) is 7.19. The minimum atomic E-state index is 0.230. The van der Waals surface area contributed by atoms with Gasteiger partial charge < -0.3 is 8.82 Å². The van der Waals surface area contributed by atoms with E-state index in [0.717, 1.165) is 58.2 Å². The number of nitrogens with zero attached hydrogens (tertiary/aromatic N) is 3. The highest BCUT2D eigenvalue weighted by Gasteiger charge is 2.40. The molecule has 2 aliphatic rings. The lowest BCUT2D eigenvalue weighted by atomic mass is 9.77. The van der Waals surface area contributed by atoms with Crippen LogP contribution in [0.5, 0.6) is 0 Å². The summed E-state index contributed by atoms with van der Waals surface area (Å²) in [7, 11) is 0. The zero-order valence-corrected chi connectivity index (χ0v) is 27.0. The highest BCUT2D eigenvalue weighted by Crippen LogP contribution is 2.46. The fourth-order valence-electron chi connectivity index (χ4n) is 9.28. The van der Waals surface area contributed by atoms with Crippen LogP contribution in [0.2, 0.25) is 0 Å². The van der Waals surface area contributed by atoms with Crippen LogP contribution in [0.25, 0.3) is 71.3 Å². The molecule has 0 radical (unpaired) electrons. The molecule has 0 amide bonds. The number of para-hydroxylation sites is 2. The second-order valence-corrected chi connectivity index (χ2v) is 13.8. The smallest absolute Gasteiger partial charge is 0.213 e. The van der Waals surface area contributed by atoms with Gasteiger partial charge in [-0.15, -0.1) is 0 Å². The van der Waals surface area contributed by atoms with Gasteiger partial charge in [-0.25, -0.2) is 0 Å². The van der Waals surface area contributed by atoms with E-state index in [9.17, 15) is 0 Å². The van der Waals surface area contributed by atoms with Gasteiger partial charge in [0.15, 0.2) is 12.2 Å². The third-order valence-corrected chi connectivity index (χ3v) is 11.3. The average molecular weight is 631 g/mol. The summed E-state index contributed by atoms with van der Waals surface area (Å²) in [5.41, 5.74) is 13.7. The number of allylic oxidation sites excluding steroid dienone is 2. The number of aryl methyl sites for hydroxylation is 1. The SMILES string of the molecule is C=CC1=NC(=C)CC2C(CCc3cc4c(cc31)c1cccc3c5c6oc7ccccc7c6ccc5n4c13)c1ccccc1-c1cccc[n+]12. The minimum Gasteiger partial charge on any atom is -0.455 e. The van der Waals surface area contributed by atoms with Crippen molar-refractivity contribution in [2.24, 2.45) is 4.99 Å². The van der Waals surface area contributed by atoms with Crippen molar-refractivity contribution in [3.63, 3.8) is 0 Å². The topological polar surface area (TPSA) is 33.8 Å². The molecule has 2 aliphatic heterocycles. The van der Waals surface area contributed by atoms with Crippen molar-refractivity contribution in [2.45, 2.75) is 31.2 Å². The largest absolute Gasteiger partial charge is 0.455 e. The Bertz CT molecular complexity index is 2920. The standard InChI is InChI=1S/C45H32N3O/c1-3-37-35-25-36-32-14-10-15-34-43-39(21-20-33-31-13-6-7-17-42(31)49-45(33)43)48(44(32)34)41(36)24-27(35)18-19-30-28-11-4-5-12-29(28)38-16-8-9-22-47(38)40(30)23-26(2)46-37/h3-17,20-22,24-25,30,40H,1-2,18-19,23H2/q+1. The number of hydrogen-bond acceptors (Lipinski definition) is 2. The van der Waals surface area contributed by atoms with Crippen molar-refractivity contribution in [1.82, 2.24) is 4.40 Å². The van der Waals surface area contributed by atoms with Crippen LogP contribution in [0.4, 0.5) is 0 Å². The number of fused-ring (bicyclic) bond motifs is 17. The van der Waals surface area contributed by atoms with Crippen molar-refractivity contribution < 1.29 is 8.98 Å². The van der Waals surface area contributed by atoms with Crippen LogP contribution in [0.1, 0.15) is 41.5 Å². The van der Waals surface area contributed by atoms with Gasteiger partial charge in [-0.3, -0.25) is 4.99 Å². The Kier molecular flexibility index (Phi) is 5.39. The average Bonchev–Trinajstić information content (AvgIpc) is 3.80. The van der Waals surface area contributed by atoms with E-state index in [-0.39, 0.29) is 6.04 Å². The zero-order chi connectivity index (χ0) is 32.4. The van der Waals surface area contributed by atoms with Crippen LogP contribution in [0.15, 0.2) is 150 Å². The van der Waals surface area contributed by atoms with Crippen LogP contribution >= 0.6 is 0 Å². The van der Waals surface area contributed by atoms with Crippen LogP contribution in [0.3, 0.4) is 0 Å². The zero-order valence-electron chi connectivity index (χ0n) is 27.0. The molecule has 4 heteroatoms. The minimum absolute atomic E-state index is 0.230. The summed E-state index contributed by atoms with van der Waals surface area (Å²) in [6.45, 7) is 8.77. The molecule has 11 rings (SSSR count). The maximum absolute atomic E-state index is 6.58. The molecule has 2 atom stereocenters. The molecule has 6 heterocycles. The van der Waals surface area contributed by atoms with E-state index in [0.29, 0.717) is 5.92 Å². The van der Waals surface area contributed by atoms with E-state index >= 15 is 0 Å². The Morgan fingerprint density at radius 1 is 0.776 bits per heavy atom. The fourth-order valence-corrected chi connectivity index (χ4v) is 9.28. The van der Waals surface area contributed by atoms with Gasteiger partial charge >= 0.3 is 0 Å². The number of pyridine rings is 1. The van der Waals surface area contributed by atoms with Crippen molar-refractivity contribution in [3.05, 3.63) is 157 Å². The first-order valence-electron chi connectivity index (χ1n) is 17.2. The van der Waals surface area contributed by atoms with Crippen molar-refractivity contribution in [2.75, 3.05) is 0 Å². The van der Waals surface area contributed by atoms with Crippen molar-refractivity contribution in [3.8, 4) is 11.3 Å². The number of benzene rings is 5. The van der Waals surface area contributed by atoms with Gasteiger partial charge in [-0.05, 0) is 72.5 Å². The lowest BCUT2D eigenvalue weighted by molar-refractivity contribution is -0.718. The summed E-state index contributed by atoms with van der Waals surface area (Å²) >= 11 is 0. The predicted molar refractivity (Wildman–Crippen MR) is 201 cm³/mol. The van der Waals surface area contributed by atoms with Crippen molar-refractivity contribution >= 4 is 65.7 Å². The Labute approximate surface area is 282 Å². The molecule has 232 valence electrons. The second-order valence-electron chi connectivity index (χ2n) is 13.8. The highest BCUT2D eigenvalue weighted by molar-refractivity contribution is 6.30. The van der Waals surface area contributed by atoms with E-state index < -0.39 is 0 Å².